The largest absolute Gasteiger partial charge is 0.348 e. The zero-order valence-corrected chi connectivity index (χ0v) is 11.5. The van der Waals surface area contributed by atoms with E-state index < -0.39 is 0 Å². The minimum Gasteiger partial charge on any atom is -0.348 e. The molecule has 92 valence electrons. The second-order valence-electron chi connectivity index (χ2n) is 4.00. The fourth-order valence-corrected chi connectivity index (χ4v) is 2.00. The third-order valence-electron chi connectivity index (χ3n) is 2.67. The van der Waals surface area contributed by atoms with Gasteiger partial charge in [0.15, 0.2) is 0 Å². The highest BCUT2D eigenvalue weighted by molar-refractivity contribution is 9.08. The van der Waals surface area contributed by atoms with Crippen molar-refractivity contribution in [1.82, 2.24) is 5.32 Å². The third-order valence-corrected chi connectivity index (χ3v) is 3.31. The van der Waals surface area contributed by atoms with Gasteiger partial charge in [0.25, 0.3) is 5.91 Å². The van der Waals surface area contributed by atoms with Crippen LogP contribution in [0.4, 0.5) is 0 Å². The molecule has 0 fully saturated rings. The van der Waals surface area contributed by atoms with E-state index in [2.05, 4.69) is 21.2 Å². The summed E-state index contributed by atoms with van der Waals surface area (Å²) in [5.41, 5.74) is 2.95. The maximum absolute atomic E-state index is 11.9. The molecule has 3 heteroatoms. The molecule has 0 unspecified atom stereocenters. The molecule has 2 aromatic carbocycles. The predicted octanol–water partition coefficient (Wildman–Crippen LogP) is 3.51. The standard InChI is InChI=1S/C15H14BrNO/c16-10-12-6-8-14(9-7-12)15(18)17-11-13-4-2-1-3-5-13/h1-9H,10-11H2,(H,17,18). The lowest BCUT2D eigenvalue weighted by molar-refractivity contribution is 0.0951. The normalized spacial score (nSPS) is 10.1. The first-order chi connectivity index (χ1) is 8.79. The molecule has 0 aliphatic heterocycles. The number of alkyl halides is 1. The molecule has 0 aliphatic carbocycles. The molecule has 0 bridgehead atoms. The highest BCUT2D eigenvalue weighted by Gasteiger charge is 2.04. The molecule has 0 spiro atoms. The van der Waals surface area contributed by atoms with Gasteiger partial charge in [0, 0.05) is 17.4 Å². The van der Waals surface area contributed by atoms with Crippen molar-refractivity contribution in [2.24, 2.45) is 0 Å². The Hall–Kier alpha value is -1.61. The first-order valence-corrected chi connectivity index (χ1v) is 6.89. The molecule has 2 aromatic rings. The van der Waals surface area contributed by atoms with Crippen LogP contribution < -0.4 is 5.32 Å². The van der Waals surface area contributed by atoms with Crippen LogP contribution in [0.5, 0.6) is 0 Å². The van der Waals surface area contributed by atoms with Crippen LogP contribution in [0, 0.1) is 0 Å². The van der Waals surface area contributed by atoms with E-state index in [1.807, 2.05) is 54.6 Å². The van der Waals surface area contributed by atoms with Gasteiger partial charge in [-0.05, 0) is 23.3 Å². The van der Waals surface area contributed by atoms with Gasteiger partial charge < -0.3 is 5.32 Å². The van der Waals surface area contributed by atoms with Crippen LogP contribution in [-0.4, -0.2) is 5.91 Å². The average molecular weight is 304 g/mol. The Labute approximate surface area is 115 Å². The van der Waals surface area contributed by atoms with Crippen LogP contribution in [0.2, 0.25) is 0 Å². The maximum atomic E-state index is 11.9. The van der Waals surface area contributed by atoms with E-state index in [1.54, 1.807) is 0 Å². The van der Waals surface area contributed by atoms with E-state index in [9.17, 15) is 4.79 Å². The zero-order chi connectivity index (χ0) is 12.8. The Bertz CT molecular complexity index is 508. The van der Waals surface area contributed by atoms with Gasteiger partial charge in [0.2, 0.25) is 0 Å². The van der Waals surface area contributed by atoms with Crippen LogP contribution in [0.1, 0.15) is 21.5 Å². The van der Waals surface area contributed by atoms with E-state index in [-0.39, 0.29) is 5.91 Å². The van der Waals surface area contributed by atoms with Crippen molar-refractivity contribution in [3.05, 3.63) is 71.3 Å². The summed E-state index contributed by atoms with van der Waals surface area (Å²) < 4.78 is 0. The van der Waals surface area contributed by atoms with Crippen LogP contribution in [0.3, 0.4) is 0 Å². The Morgan fingerprint density at radius 1 is 0.944 bits per heavy atom. The second-order valence-corrected chi connectivity index (χ2v) is 4.56. The molecule has 18 heavy (non-hydrogen) atoms. The molecule has 1 amide bonds. The van der Waals surface area contributed by atoms with Gasteiger partial charge in [-0.2, -0.15) is 0 Å². The van der Waals surface area contributed by atoms with E-state index in [0.717, 1.165) is 16.5 Å². The van der Waals surface area contributed by atoms with E-state index in [0.29, 0.717) is 12.1 Å². The van der Waals surface area contributed by atoms with Crippen molar-refractivity contribution >= 4 is 21.8 Å². The predicted molar refractivity (Wildman–Crippen MR) is 76.7 cm³/mol. The smallest absolute Gasteiger partial charge is 0.251 e. The van der Waals surface area contributed by atoms with Crippen LogP contribution >= 0.6 is 15.9 Å². The highest BCUT2D eigenvalue weighted by atomic mass is 79.9. The van der Waals surface area contributed by atoms with Crippen molar-refractivity contribution in [1.29, 1.82) is 0 Å². The summed E-state index contributed by atoms with van der Waals surface area (Å²) in [6, 6.07) is 17.5. The van der Waals surface area contributed by atoms with Crippen molar-refractivity contribution in [2.75, 3.05) is 0 Å². The number of carbonyl (C=O) groups is 1. The quantitative estimate of drug-likeness (QED) is 0.861. The van der Waals surface area contributed by atoms with Crippen molar-refractivity contribution in [2.45, 2.75) is 11.9 Å². The third kappa shape index (κ3) is 3.44. The Morgan fingerprint density at radius 3 is 2.22 bits per heavy atom. The molecule has 0 atom stereocenters. The molecule has 0 saturated carbocycles. The van der Waals surface area contributed by atoms with Gasteiger partial charge in [-0.15, -0.1) is 0 Å². The van der Waals surface area contributed by atoms with Crippen LogP contribution in [-0.2, 0) is 11.9 Å². The number of halogens is 1. The van der Waals surface area contributed by atoms with Gasteiger partial charge in [-0.3, -0.25) is 4.79 Å². The monoisotopic (exact) mass is 303 g/mol. The van der Waals surface area contributed by atoms with Gasteiger partial charge >= 0.3 is 0 Å². The Morgan fingerprint density at radius 2 is 1.61 bits per heavy atom. The maximum Gasteiger partial charge on any atom is 0.251 e. The van der Waals surface area contributed by atoms with Crippen molar-refractivity contribution < 1.29 is 4.79 Å². The molecule has 0 aliphatic rings. The number of benzene rings is 2. The summed E-state index contributed by atoms with van der Waals surface area (Å²) in [7, 11) is 0. The molecular formula is C15H14BrNO. The fraction of sp³-hybridized carbons (Fsp3) is 0.133. The fourth-order valence-electron chi connectivity index (χ4n) is 1.63. The van der Waals surface area contributed by atoms with Gasteiger partial charge in [-0.1, -0.05) is 58.4 Å². The number of carbonyl (C=O) groups excluding carboxylic acids is 1. The van der Waals surface area contributed by atoms with Gasteiger partial charge in [0.1, 0.15) is 0 Å². The van der Waals surface area contributed by atoms with E-state index >= 15 is 0 Å². The average Bonchev–Trinajstić information content (AvgIpc) is 2.46. The number of rotatable bonds is 4. The topological polar surface area (TPSA) is 29.1 Å². The molecule has 2 rings (SSSR count). The summed E-state index contributed by atoms with van der Waals surface area (Å²) in [5.74, 6) is -0.0417. The molecular weight excluding hydrogens is 290 g/mol. The van der Waals surface area contributed by atoms with Crippen molar-refractivity contribution in [3.63, 3.8) is 0 Å². The number of nitrogens with one attached hydrogen (secondary N) is 1. The Balaban J connectivity index is 1.95. The molecule has 1 N–H and O–H groups in total. The summed E-state index contributed by atoms with van der Waals surface area (Å²) in [4.78, 5) is 11.9. The summed E-state index contributed by atoms with van der Waals surface area (Å²) in [5, 5.41) is 3.71. The molecule has 0 saturated heterocycles. The second kappa shape index (κ2) is 6.36. The van der Waals surface area contributed by atoms with Crippen LogP contribution in [0.15, 0.2) is 54.6 Å². The molecule has 0 aromatic heterocycles. The van der Waals surface area contributed by atoms with Gasteiger partial charge in [0.05, 0.1) is 0 Å². The summed E-state index contributed by atoms with van der Waals surface area (Å²) in [6.07, 6.45) is 0. The Kier molecular flexibility index (Phi) is 4.53. The molecule has 0 radical (unpaired) electrons. The van der Waals surface area contributed by atoms with E-state index in [1.165, 1.54) is 0 Å². The lowest BCUT2D eigenvalue weighted by Crippen LogP contribution is -2.22. The summed E-state index contributed by atoms with van der Waals surface area (Å²) >= 11 is 3.38. The first-order valence-electron chi connectivity index (χ1n) is 5.76. The number of hydrogen-bond donors (Lipinski definition) is 1. The SMILES string of the molecule is O=C(NCc1ccccc1)c1ccc(CBr)cc1. The summed E-state index contributed by atoms with van der Waals surface area (Å²) in [6.45, 7) is 0.555. The minimum absolute atomic E-state index is 0.0417. The lowest BCUT2D eigenvalue weighted by atomic mass is 10.1. The minimum atomic E-state index is -0.0417. The number of hydrogen-bond acceptors (Lipinski definition) is 1. The zero-order valence-electron chi connectivity index (χ0n) is 9.90. The first kappa shape index (κ1) is 12.8. The van der Waals surface area contributed by atoms with Crippen molar-refractivity contribution in [3.8, 4) is 0 Å². The van der Waals surface area contributed by atoms with Crippen LogP contribution in [0.25, 0.3) is 0 Å². The molecule has 0 heterocycles. The highest BCUT2D eigenvalue weighted by Crippen LogP contribution is 2.08. The van der Waals surface area contributed by atoms with Gasteiger partial charge in [-0.25, -0.2) is 0 Å². The molecule has 2 nitrogen and oxygen atoms in total. The number of amides is 1. The van der Waals surface area contributed by atoms with E-state index in [4.69, 9.17) is 0 Å². The lowest BCUT2D eigenvalue weighted by Gasteiger charge is -2.05.